The van der Waals surface area contributed by atoms with Gasteiger partial charge in [0.05, 0.1) is 12.1 Å². The Bertz CT molecular complexity index is 189. The van der Waals surface area contributed by atoms with Gasteiger partial charge in [0, 0.05) is 6.04 Å². The minimum atomic E-state index is -0.0801. The molecule has 0 aromatic heterocycles. The van der Waals surface area contributed by atoms with E-state index in [0.29, 0.717) is 6.04 Å². The maximum atomic E-state index is 9.35. The van der Waals surface area contributed by atoms with Crippen LogP contribution >= 0.6 is 0 Å². The van der Waals surface area contributed by atoms with Gasteiger partial charge in [0.2, 0.25) is 0 Å². The molecule has 0 saturated heterocycles. The van der Waals surface area contributed by atoms with Crippen LogP contribution in [0.4, 0.5) is 0 Å². The molecule has 1 saturated carbocycles. The smallest absolute Gasteiger partial charge is 0.0688 e. The summed E-state index contributed by atoms with van der Waals surface area (Å²) >= 11 is 0. The van der Waals surface area contributed by atoms with Gasteiger partial charge < -0.3 is 10.4 Å². The van der Waals surface area contributed by atoms with Gasteiger partial charge in [0.25, 0.3) is 0 Å². The van der Waals surface area contributed by atoms with Crippen LogP contribution in [0.15, 0.2) is 0 Å². The molecular weight excluding hydrogens is 174 g/mol. The molecule has 2 heteroatoms. The van der Waals surface area contributed by atoms with E-state index in [4.69, 9.17) is 6.42 Å². The Morgan fingerprint density at radius 3 is 2.57 bits per heavy atom. The molecule has 1 fully saturated rings. The summed E-state index contributed by atoms with van der Waals surface area (Å²) in [4.78, 5) is 0. The molecule has 1 rings (SSSR count). The molecule has 0 bridgehead atoms. The third kappa shape index (κ3) is 3.69. The van der Waals surface area contributed by atoms with Crippen molar-refractivity contribution in [2.75, 3.05) is 0 Å². The highest BCUT2D eigenvalue weighted by Crippen LogP contribution is 2.19. The zero-order valence-corrected chi connectivity index (χ0v) is 9.00. The molecule has 1 atom stereocenters. The van der Waals surface area contributed by atoms with Gasteiger partial charge in [-0.3, -0.25) is 0 Å². The number of rotatable bonds is 4. The fraction of sp³-hybridized carbons (Fsp3) is 0.833. The van der Waals surface area contributed by atoms with Crippen molar-refractivity contribution < 1.29 is 5.11 Å². The third-order valence-electron chi connectivity index (χ3n) is 2.91. The average molecular weight is 195 g/mol. The van der Waals surface area contributed by atoms with E-state index in [1.165, 1.54) is 0 Å². The van der Waals surface area contributed by atoms with E-state index in [2.05, 4.69) is 18.2 Å². The van der Waals surface area contributed by atoms with Gasteiger partial charge in [0.1, 0.15) is 0 Å². The number of aliphatic hydroxyl groups is 1. The van der Waals surface area contributed by atoms with Gasteiger partial charge in [-0.1, -0.05) is 19.3 Å². The first kappa shape index (κ1) is 11.6. The quantitative estimate of drug-likeness (QED) is 0.669. The van der Waals surface area contributed by atoms with E-state index >= 15 is 0 Å². The summed E-state index contributed by atoms with van der Waals surface area (Å²) in [7, 11) is 0. The predicted octanol–water partition coefficient (Wildman–Crippen LogP) is 1.68. The minimum Gasteiger partial charge on any atom is -0.393 e. The summed E-state index contributed by atoms with van der Waals surface area (Å²) in [6.45, 7) is 2.15. The van der Waals surface area contributed by atoms with Crippen LogP contribution in [0, 0.1) is 12.3 Å². The molecule has 0 amide bonds. The summed E-state index contributed by atoms with van der Waals surface area (Å²) in [5.74, 6) is 2.79. The second kappa shape index (κ2) is 6.06. The maximum Gasteiger partial charge on any atom is 0.0688 e. The zero-order valence-electron chi connectivity index (χ0n) is 9.00. The lowest BCUT2D eigenvalue weighted by atomic mass is 9.92. The number of hydrogen-bond acceptors (Lipinski definition) is 2. The van der Waals surface area contributed by atoms with Crippen molar-refractivity contribution in [1.82, 2.24) is 5.32 Å². The van der Waals surface area contributed by atoms with E-state index in [1.807, 2.05) is 0 Å². The normalized spacial score (nSPS) is 29.5. The van der Waals surface area contributed by atoms with Crippen LogP contribution in [-0.4, -0.2) is 23.3 Å². The van der Waals surface area contributed by atoms with Crippen molar-refractivity contribution in [3.8, 4) is 12.3 Å². The standard InChI is InChI=1S/C12H21NO/c1-3-5-10(4-2)13-11-6-8-12(14)9-7-11/h2,10-14H,3,5-9H2,1H3. The molecule has 0 aromatic carbocycles. The Balaban J connectivity index is 2.26. The molecular formula is C12H21NO. The van der Waals surface area contributed by atoms with E-state index in [0.717, 1.165) is 38.5 Å². The molecule has 0 radical (unpaired) electrons. The van der Waals surface area contributed by atoms with Crippen LogP contribution in [0.1, 0.15) is 45.4 Å². The number of aliphatic hydroxyl groups excluding tert-OH is 1. The van der Waals surface area contributed by atoms with Crippen molar-refractivity contribution in [2.24, 2.45) is 0 Å². The summed E-state index contributed by atoms with van der Waals surface area (Å²) in [5.41, 5.74) is 0. The third-order valence-corrected chi connectivity index (χ3v) is 2.91. The lowest BCUT2D eigenvalue weighted by Gasteiger charge is -2.28. The predicted molar refractivity (Wildman–Crippen MR) is 58.9 cm³/mol. The molecule has 0 spiro atoms. The fourth-order valence-corrected chi connectivity index (χ4v) is 2.03. The molecule has 0 heterocycles. The van der Waals surface area contributed by atoms with Crippen LogP contribution in [0.3, 0.4) is 0 Å². The molecule has 1 aliphatic carbocycles. The molecule has 2 N–H and O–H groups in total. The molecule has 0 aromatic rings. The number of terminal acetylenes is 1. The van der Waals surface area contributed by atoms with Crippen molar-refractivity contribution >= 4 is 0 Å². The lowest BCUT2D eigenvalue weighted by molar-refractivity contribution is 0.115. The first-order valence-electron chi connectivity index (χ1n) is 5.66. The molecule has 2 nitrogen and oxygen atoms in total. The van der Waals surface area contributed by atoms with E-state index in [9.17, 15) is 5.11 Å². The highest BCUT2D eigenvalue weighted by molar-refractivity contribution is 5.00. The largest absolute Gasteiger partial charge is 0.393 e. The second-order valence-corrected chi connectivity index (χ2v) is 4.18. The summed E-state index contributed by atoms with van der Waals surface area (Å²) < 4.78 is 0. The van der Waals surface area contributed by atoms with E-state index in [-0.39, 0.29) is 12.1 Å². The fourth-order valence-electron chi connectivity index (χ4n) is 2.03. The topological polar surface area (TPSA) is 32.3 Å². The molecule has 80 valence electrons. The first-order valence-corrected chi connectivity index (χ1v) is 5.66. The van der Waals surface area contributed by atoms with Crippen LogP contribution in [0.5, 0.6) is 0 Å². The Labute approximate surface area is 87.1 Å². The SMILES string of the molecule is C#CC(CCC)NC1CCC(O)CC1. The first-order chi connectivity index (χ1) is 6.76. The Morgan fingerprint density at radius 1 is 1.43 bits per heavy atom. The monoisotopic (exact) mass is 195 g/mol. The lowest BCUT2D eigenvalue weighted by Crippen LogP contribution is -2.40. The van der Waals surface area contributed by atoms with Gasteiger partial charge in [-0.05, 0) is 32.1 Å². The van der Waals surface area contributed by atoms with E-state index < -0.39 is 0 Å². The van der Waals surface area contributed by atoms with Crippen molar-refractivity contribution in [3.05, 3.63) is 0 Å². The molecule has 1 aliphatic rings. The van der Waals surface area contributed by atoms with Gasteiger partial charge in [0.15, 0.2) is 0 Å². The highest BCUT2D eigenvalue weighted by atomic mass is 16.3. The van der Waals surface area contributed by atoms with Crippen LogP contribution < -0.4 is 5.32 Å². The second-order valence-electron chi connectivity index (χ2n) is 4.18. The number of hydrogen-bond donors (Lipinski definition) is 2. The minimum absolute atomic E-state index is 0.0801. The van der Waals surface area contributed by atoms with Crippen LogP contribution in [0.2, 0.25) is 0 Å². The van der Waals surface area contributed by atoms with Crippen molar-refractivity contribution in [2.45, 2.75) is 63.6 Å². The summed E-state index contributed by atoms with van der Waals surface area (Å²) in [5, 5.41) is 12.8. The number of nitrogens with one attached hydrogen (secondary N) is 1. The van der Waals surface area contributed by atoms with Gasteiger partial charge in [-0.25, -0.2) is 0 Å². The van der Waals surface area contributed by atoms with Gasteiger partial charge in [-0.2, -0.15) is 0 Å². The highest BCUT2D eigenvalue weighted by Gasteiger charge is 2.20. The van der Waals surface area contributed by atoms with Gasteiger partial charge in [-0.15, -0.1) is 6.42 Å². The van der Waals surface area contributed by atoms with Crippen molar-refractivity contribution in [3.63, 3.8) is 0 Å². The van der Waals surface area contributed by atoms with E-state index in [1.54, 1.807) is 0 Å². The summed E-state index contributed by atoms with van der Waals surface area (Å²) in [6.07, 6.45) is 11.5. The maximum absolute atomic E-state index is 9.35. The van der Waals surface area contributed by atoms with Gasteiger partial charge >= 0.3 is 0 Å². The zero-order chi connectivity index (χ0) is 10.4. The van der Waals surface area contributed by atoms with Crippen LogP contribution in [-0.2, 0) is 0 Å². The molecule has 14 heavy (non-hydrogen) atoms. The van der Waals surface area contributed by atoms with Crippen LogP contribution in [0.25, 0.3) is 0 Å². The molecule has 1 unspecified atom stereocenters. The Hall–Kier alpha value is -0.520. The Kier molecular flexibility index (Phi) is 5.00. The van der Waals surface area contributed by atoms with Crippen molar-refractivity contribution in [1.29, 1.82) is 0 Å². The average Bonchev–Trinajstić information content (AvgIpc) is 2.20. The molecule has 0 aliphatic heterocycles. The summed E-state index contributed by atoms with van der Waals surface area (Å²) in [6, 6.07) is 0.742. The Morgan fingerprint density at radius 2 is 2.07 bits per heavy atom.